The van der Waals surface area contributed by atoms with E-state index in [2.05, 4.69) is 20.6 Å². The lowest BCUT2D eigenvalue weighted by Crippen LogP contribution is -2.25. The van der Waals surface area contributed by atoms with E-state index >= 15 is 0 Å². The Morgan fingerprint density at radius 3 is 2.70 bits per heavy atom. The fourth-order valence-electron chi connectivity index (χ4n) is 3.79. The second kappa shape index (κ2) is 8.39. The Kier molecular flexibility index (Phi) is 5.84. The van der Waals surface area contributed by atoms with Crippen LogP contribution in [0.25, 0.3) is 20.8 Å². The molecule has 9 heteroatoms. The molecule has 2 aromatic heterocycles. The number of nitrogens with one attached hydrogen (secondary N) is 2. The van der Waals surface area contributed by atoms with Crippen molar-refractivity contribution in [2.75, 3.05) is 23.8 Å². The van der Waals surface area contributed by atoms with Gasteiger partial charge in [-0.25, -0.2) is 18.7 Å². The van der Waals surface area contributed by atoms with Crippen molar-refractivity contribution < 1.29 is 13.9 Å². The summed E-state index contributed by atoms with van der Waals surface area (Å²) < 4.78 is 27.7. The van der Waals surface area contributed by atoms with Crippen molar-refractivity contribution in [1.29, 1.82) is 0 Å². The van der Waals surface area contributed by atoms with Gasteiger partial charge in [0.25, 0.3) is 5.92 Å². The van der Waals surface area contributed by atoms with Gasteiger partial charge in [0.15, 0.2) is 0 Å². The number of fused-ring (bicyclic) bond motifs is 1. The molecule has 1 aliphatic carbocycles. The van der Waals surface area contributed by atoms with E-state index in [-0.39, 0.29) is 24.5 Å². The van der Waals surface area contributed by atoms with Crippen molar-refractivity contribution in [2.24, 2.45) is 5.92 Å². The maximum absolute atomic E-state index is 13.3. The van der Waals surface area contributed by atoms with Crippen LogP contribution >= 0.6 is 11.3 Å². The number of para-hydroxylation sites is 1. The Labute approximate surface area is 177 Å². The SMILES string of the molecule is Cc1nc(NCC(C)(F)F)nc(N[C@H]2CC[C@@H](CO)C2)c1-c1nc2ccccc2s1. The number of aliphatic hydroxyl groups is 1. The maximum Gasteiger partial charge on any atom is 0.262 e. The van der Waals surface area contributed by atoms with Crippen molar-refractivity contribution in [3.8, 4) is 10.6 Å². The molecule has 2 atom stereocenters. The number of thiazole rings is 1. The van der Waals surface area contributed by atoms with E-state index in [1.807, 2.05) is 31.2 Å². The molecule has 160 valence electrons. The van der Waals surface area contributed by atoms with E-state index in [0.717, 1.165) is 47.0 Å². The Morgan fingerprint density at radius 1 is 1.20 bits per heavy atom. The molecule has 0 spiro atoms. The molecule has 0 aliphatic heterocycles. The van der Waals surface area contributed by atoms with Crippen LogP contribution in [0.5, 0.6) is 0 Å². The van der Waals surface area contributed by atoms with Gasteiger partial charge in [0.05, 0.1) is 28.0 Å². The average Bonchev–Trinajstić information content (AvgIpc) is 3.32. The Hall–Kier alpha value is -2.39. The van der Waals surface area contributed by atoms with Crippen LogP contribution < -0.4 is 10.6 Å². The first kappa shape index (κ1) is 20.9. The number of hydrogen-bond acceptors (Lipinski definition) is 7. The molecule has 4 rings (SSSR count). The molecule has 1 aromatic carbocycles. The van der Waals surface area contributed by atoms with Crippen LogP contribution in [0.2, 0.25) is 0 Å². The minimum absolute atomic E-state index is 0.157. The summed E-state index contributed by atoms with van der Waals surface area (Å²) in [7, 11) is 0. The molecule has 0 bridgehead atoms. The molecule has 6 nitrogen and oxygen atoms in total. The molecule has 3 N–H and O–H groups in total. The standard InChI is InChI=1S/C21H25F2N5OS/c1-12-17(19-27-15-5-3-4-6-16(15)30-19)18(26-14-8-7-13(9-14)10-29)28-20(25-12)24-11-21(2,22)23/h3-6,13-14,29H,7-11H2,1-2H3,(H2,24,25,26,28)/t13-,14+/m1/s1. The Balaban J connectivity index is 1.71. The number of aryl methyl sites for hydroxylation is 1. The van der Waals surface area contributed by atoms with Crippen molar-refractivity contribution in [2.45, 2.75) is 45.1 Å². The number of hydrogen-bond donors (Lipinski definition) is 3. The van der Waals surface area contributed by atoms with E-state index < -0.39 is 12.5 Å². The number of aromatic nitrogens is 3. The zero-order valence-electron chi connectivity index (χ0n) is 17.0. The van der Waals surface area contributed by atoms with Gasteiger partial charge in [0.2, 0.25) is 5.95 Å². The molecule has 1 aliphatic rings. The average molecular weight is 434 g/mol. The molecule has 0 unspecified atom stereocenters. The summed E-state index contributed by atoms with van der Waals surface area (Å²) in [4.78, 5) is 13.7. The first-order valence-corrected chi connectivity index (χ1v) is 10.9. The quantitative estimate of drug-likeness (QED) is 0.501. The summed E-state index contributed by atoms with van der Waals surface area (Å²) in [5, 5.41) is 16.4. The topological polar surface area (TPSA) is 83.0 Å². The number of aliphatic hydroxyl groups excluding tert-OH is 1. The number of alkyl halides is 2. The van der Waals surface area contributed by atoms with Gasteiger partial charge in [-0.3, -0.25) is 0 Å². The molecule has 0 saturated heterocycles. The monoisotopic (exact) mass is 433 g/mol. The molecule has 0 amide bonds. The van der Waals surface area contributed by atoms with Crippen molar-refractivity contribution in [3.63, 3.8) is 0 Å². The van der Waals surface area contributed by atoms with Gasteiger partial charge < -0.3 is 15.7 Å². The third kappa shape index (κ3) is 4.67. The zero-order valence-corrected chi connectivity index (χ0v) is 17.8. The Bertz CT molecular complexity index is 1000. The highest BCUT2D eigenvalue weighted by molar-refractivity contribution is 7.21. The lowest BCUT2D eigenvalue weighted by Gasteiger charge is -2.19. The van der Waals surface area contributed by atoms with E-state index in [1.165, 1.54) is 0 Å². The van der Waals surface area contributed by atoms with Gasteiger partial charge in [0, 0.05) is 19.6 Å². The third-order valence-corrected chi connectivity index (χ3v) is 6.35. The molecule has 0 radical (unpaired) electrons. The summed E-state index contributed by atoms with van der Waals surface area (Å²) in [6.07, 6.45) is 2.71. The van der Waals surface area contributed by atoms with Gasteiger partial charge in [0.1, 0.15) is 10.8 Å². The smallest absolute Gasteiger partial charge is 0.262 e. The number of rotatable bonds is 7. The van der Waals surface area contributed by atoms with Gasteiger partial charge in [-0.1, -0.05) is 12.1 Å². The number of nitrogens with zero attached hydrogens (tertiary/aromatic N) is 3. The van der Waals surface area contributed by atoms with Crippen LogP contribution in [0.4, 0.5) is 20.5 Å². The van der Waals surface area contributed by atoms with Crippen molar-refractivity contribution in [1.82, 2.24) is 15.0 Å². The van der Waals surface area contributed by atoms with Crippen LogP contribution in [-0.4, -0.2) is 45.2 Å². The molecule has 30 heavy (non-hydrogen) atoms. The van der Waals surface area contributed by atoms with E-state index in [9.17, 15) is 13.9 Å². The van der Waals surface area contributed by atoms with E-state index in [1.54, 1.807) is 11.3 Å². The lowest BCUT2D eigenvalue weighted by atomic mass is 10.1. The first-order valence-electron chi connectivity index (χ1n) is 10.1. The molecular weight excluding hydrogens is 408 g/mol. The summed E-state index contributed by atoms with van der Waals surface area (Å²) in [5.41, 5.74) is 2.36. The van der Waals surface area contributed by atoms with Gasteiger partial charge in [-0.05, 0) is 44.2 Å². The van der Waals surface area contributed by atoms with Gasteiger partial charge >= 0.3 is 0 Å². The van der Waals surface area contributed by atoms with Gasteiger partial charge in [-0.2, -0.15) is 4.98 Å². The lowest BCUT2D eigenvalue weighted by molar-refractivity contribution is 0.0366. The summed E-state index contributed by atoms with van der Waals surface area (Å²) in [5.74, 6) is -1.84. The summed E-state index contributed by atoms with van der Waals surface area (Å²) in [6.45, 7) is 2.33. The largest absolute Gasteiger partial charge is 0.396 e. The molecule has 2 heterocycles. The molecule has 1 fully saturated rings. The third-order valence-electron chi connectivity index (χ3n) is 5.29. The Morgan fingerprint density at radius 2 is 2.00 bits per heavy atom. The summed E-state index contributed by atoms with van der Waals surface area (Å²) in [6, 6.07) is 8.05. The summed E-state index contributed by atoms with van der Waals surface area (Å²) >= 11 is 1.55. The minimum atomic E-state index is -2.86. The van der Waals surface area contributed by atoms with Crippen molar-refractivity contribution in [3.05, 3.63) is 30.0 Å². The fraction of sp³-hybridized carbons (Fsp3) is 0.476. The zero-order chi connectivity index (χ0) is 21.3. The maximum atomic E-state index is 13.3. The van der Waals surface area contributed by atoms with E-state index in [0.29, 0.717) is 11.5 Å². The second-order valence-corrected chi connectivity index (χ2v) is 9.00. The number of benzene rings is 1. The minimum Gasteiger partial charge on any atom is -0.396 e. The number of halogens is 2. The molecule has 1 saturated carbocycles. The predicted molar refractivity (Wildman–Crippen MR) is 116 cm³/mol. The normalized spacial score (nSPS) is 19.4. The highest BCUT2D eigenvalue weighted by Crippen LogP contribution is 2.37. The van der Waals surface area contributed by atoms with Crippen LogP contribution in [0.1, 0.15) is 31.9 Å². The van der Waals surface area contributed by atoms with Crippen LogP contribution in [0, 0.1) is 12.8 Å². The van der Waals surface area contributed by atoms with Crippen LogP contribution in [-0.2, 0) is 0 Å². The number of anilines is 2. The van der Waals surface area contributed by atoms with Crippen LogP contribution in [0.15, 0.2) is 24.3 Å². The highest BCUT2D eigenvalue weighted by atomic mass is 32.1. The van der Waals surface area contributed by atoms with Crippen molar-refractivity contribution >= 4 is 33.3 Å². The fourth-order valence-corrected chi connectivity index (χ4v) is 4.85. The van der Waals surface area contributed by atoms with Gasteiger partial charge in [-0.15, -0.1) is 11.3 Å². The molecule has 3 aromatic rings. The highest BCUT2D eigenvalue weighted by Gasteiger charge is 2.27. The predicted octanol–water partition coefficient (Wildman–Crippen LogP) is 4.70. The second-order valence-electron chi connectivity index (χ2n) is 7.97. The van der Waals surface area contributed by atoms with Crippen LogP contribution in [0.3, 0.4) is 0 Å². The van der Waals surface area contributed by atoms with E-state index in [4.69, 9.17) is 4.98 Å². The first-order chi connectivity index (χ1) is 14.3. The molecular formula is C21H25F2N5OS.